The zero-order chi connectivity index (χ0) is 26.0. The van der Waals surface area contributed by atoms with Gasteiger partial charge < -0.3 is 5.32 Å². The highest BCUT2D eigenvalue weighted by molar-refractivity contribution is 7.89. The molecule has 37 heavy (non-hydrogen) atoms. The van der Waals surface area contributed by atoms with Gasteiger partial charge in [-0.2, -0.15) is 9.29 Å². The normalized spacial score (nSPS) is 22.5. The summed E-state index contributed by atoms with van der Waals surface area (Å²) in [5, 5.41) is 5.24. The quantitative estimate of drug-likeness (QED) is 0.382. The lowest BCUT2D eigenvalue weighted by atomic mass is 9.97. The molecule has 2 atom stereocenters. The van der Waals surface area contributed by atoms with Gasteiger partial charge in [0.05, 0.1) is 16.1 Å². The zero-order valence-electron chi connectivity index (χ0n) is 21.4. The van der Waals surface area contributed by atoms with E-state index in [0.29, 0.717) is 29.5 Å². The monoisotopic (exact) mass is 539 g/mol. The number of benzene rings is 1. The van der Waals surface area contributed by atoms with Gasteiger partial charge in [-0.1, -0.05) is 6.92 Å². The van der Waals surface area contributed by atoms with E-state index in [1.165, 1.54) is 0 Å². The minimum atomic E-state index is -3.61. The lowest BCUT2D eigenvalue weighted by Crippen LogP contribution is -2.50. The maximum absolute atomic E-state index is 13.5. The third kappa shape index (κ3) is 5.74. The van der Waals surface area contributed by atoms with E-state index in [0.717, 1.165) is 50.1 Å². The van der Waals surface area contributed by atoms with Crippen LogP contribution in [-0.2, 0) is 16.6 Å². The number of rotatable bonds is 9. The van der Waals surface area contributed by atoms with Gasteiger partial charge in [-0.15, -0.1) is 11.3 Å². The molecule has 9 nitrogen and oxygen atoms in total. The summed E-state index contributed by atoms with van der Waals surface area (Å²) in [5.74, 6) is 1.00. The average Bonchev–Trinajstić information content (AvgIpc) is 3.48. The molecule has 0 aliphatic carbocycles. The van der Waals surface area contributed by atoms with E-state index in [9.17, 15) is 8.42 Å². The van der Waals surface area contributed by atoms with Crippen LogP contribution in [0.3, 0.4) is 0 Å². The molecule has 2 bridgehead atoms. The van der Waals surface area contributed by atoms with E-state index in [1.807, 2.05) is 19.4 Å². The third-order valence-corrected chi connectivity index (χ3v) is 10.0. The van der Waals surface area contributed by atoms with Crippen molar-refractivity contribution in [1.29, 1.82) is 0 Å². The second kappa shape index (κ2) is 10.9. The number of hydrogen-bond donors (Lipinski definition) is 1. The van der Waals surface area contributed by atoms with Crippen LogP contribution in [0.4, 0.5) is 17.5 Å². The number of fused-ring (bicyclic) bond motifs is 2. The van der Waals surface area contributed by atoms with Crippen LogP contribution in [0.1, 0.15) is 51.6 Å². The Morgan fingerprint density at radius 3 is 2.54 bits per heavy atom. The first kappa shape index (κ1) is 25.9. The smallest absolute Gasteiger partial charge is 0.243 e. The number of piperidine rings is 1. The number of nitrogens with one attached hydrogen (secondary N) is 1. The van der Waals surface area contributed by atoms with Crippen LogP contribution in [0.15, 0.2) is 57.3 Å². The largest absolute Gasteiger partial charge is 0.324 e. The molecule has 4 heterocycles. The van der Waals surface area contributed by atoms with Crippen molar-refractivity contribution in [2.45, 2.75) is 75.5 Å². The number of sulfonamides is 1. The molecule has 2 unspecified atom stereocenters. The van der Waals surface area contributed by atoms with E-state index in [-0.39, 0.29) is 10.9 Å². The van der Waals surface area contributed by atoms with Gasteiger partial charge in [0, 0.05) is 60.8 Å². The predicted molar refractivity (Wildman–Crippen MR) is 147 cm³/mol. The molecule has 5 rings (SSSR count). The molecule has 0 amide bonds. The SMILES string of the molecule is CCC(C)=Nc1ccnc(Nc2ccc(S(=O)(=O)N(C)C3CC4CCC(C3)N4Cc3cscn3)cc2)n1. The Hall–Kier alpha value is -2.73. The standard InChI is InChI=1S/C26H33N7O2S2/c1-4-18(2)29-25-11-12-27-26(31-25)30-19-5-9-24(10-6-19)37(34,35)32(3)23-13-21-7-8-22(14-23)33(21)15-20-16-36-17-28-20/h5-6,9-12,16-17,21-23H,4,7-8,13-15H2,1-3H3,(H,27,30,31). The van der Waals surface area contributed by atoms with Gasteiger partial charge in [0.2, 0.25) is 16.0 Å². The fourth-order valence-electron chi connectivity index (χ4n) is 5.25. The molecule has 0 radical (unpaired) electrons. The summed E-state index contributed by atoms with van der Waals surface area (Å²) in [7, 11) is -1.89. The molecule has 2 saturated heterocycles. The Balaban J connectivity index is 1.24. The van der Waals surface area contributed by atoms with Gasteiger partial charge in [0.15, 0.2) is 5.82 Å². The van der Waals surface area contributed by atoms with Crippen LogP contribution in [0.5, 0.6) is 0 Å². The summed E-state index contributed by atoms with van der Waals surface area (Å²) >= 11 is 1.62. The molecular weight excluding hydrogens is 506 g/mol. The predicted octanol–water partition coefficient (Wildman–Crippen LogP) is 5.00. The molecule has 11 heteroatoms. The van der Waals surface area contributed by atoms with Crippen LogP contribution in [-0.4, -0.2) is 63.5 Å². The molecule has 2 aromatic heterocycles. The molecule has 196 valence electrons. The topological polar surface area (TPSA) is 104 Å². The maximum Gasteiger partial charge on any atom is 0.243 e. The molecular formula is C26H33N7O2S2. The number of anilines is 2. The first-order valence-electron chi connectivity index (χ1n) is 12.7. The van der Waals surface area contributed by atoms with Crippen LogP contribution < -0.4 is 5.32 Å². The highest BCUT2D eigenvalue weighted by atomic mass is 32.2. The van der Waals surface area contributed by atoms with Crippen molar-refractivity contribution in [3.63, 3.8) is 0 Å². The summed E-state index contributed by atoms with van der Waals surface area (Å²) in [5.41, 5.74) is 4.68. The Labute approximate surface area is 222 Å². The zero-order valence-corrected chi connectivity index (χ0v) is 23.0. The van der Waals surface area contributed by atoms with E-state index in [1.54, 1.807) is 59.2 Å². The molecule has 1 N–H and O–H groups in total. The second-order valence-corrected chi connectivity index (χ2v) is 12.5. The summed E-state index contributed by atoms with van der Waals surface area (Å²) < 4.78 is 28.6. The summed E-state index contributed by atoms with van der Waals surface area (Å²) in [6, 6.07) is 9.33. The van der Waals surface area contributed by atoms with Gasteiger partial charge in [-0.3, -0.25) is 4.90 Å². The van der Waals surface area contributed by atoms with Gasteiger partial charge in [0.1, 0.15) is 0 Å². The van der Waals surface area contributed by atoms with E-state index in [4.69, 9.17) is 0 Å². The molecule has 2 aliphatic rings. The van der Waals surface area contributed by atoms with Crippen LogP contribution >= 0.6 is 11.3 Å². The first-order chi connectivity index (χ1) is 17.8. The first-order valence-corrected chi connectivity index (χ1v) is 15.1. The molecule has 1 aromatic carbocycles. The van der Waals surface area contributed by atoms with Gasteiger partial charge in [-0.05, 0) is 63.3 Å². The fraction of sp³-hybridized carbons (Fsp3) is 0.462. The molecule has 2 aliphatic heterocycles. The van der Waals surface area contributed by atoms with Crippen molar-refractivity contribution in [3.05, 3.63) is 53.1 Å². The summed E-state index contributed by atoms with van der Waals surface area (Å²) in [4.78, 5) is 20.4. The number of aliphatic imine (C=N–C) groups is 1. The third-order valence-electron chi connectivity index (χ3n) is 7.45. The van der Waals surface area contributed by atoms with Crippen molar-refractivity contribution in [1.82, 2.24) is 24.2 Å². The fourth-order valence-corrected chi connectivity index (χ4v) is 7.18. The Morgan fingerprint density at radius 2 is 1.89 bits per heavy atom. The second-order valence-electron chi connectivity index (χ2n) is 9.77. The van der Waals surface area contributed by atoms with Crippen LogP contribution in [0.2, 0.25) is 0 Å². The van der Waals surface area contributed by atoms with Crippen molar-refractivity contribution >= 4 is 44.5 Å². The lowest BCUT2D eigenvalue weighted by Gasteiger charge is -2.41. The number of thiazole rings is 1. The Bertz CT molecular complexity index is 1330. The Morgan fingerprint density at radius 1 is 1.16 bits per heavy atom. The summed E-state index contributed by atoms with van der Waals surface area (Å²) in [6.07, 6.45) is 6.44. The van der Waals surface area contributed by atoms with Crippen molar-refractivity contribution in [3.8, 4) is 0 Å². The summed E-state index contributed by atoms with van der Waals surface area (Å²) in [6.45, 7) is 4.86. The van der Waals surface area contributed by atoms with Gasteiger partial charge in [-0.25, -0.2) is 23.4 Å². The van der Waals surface area contributed by atoms with Crippen LogP contribution in [0.25, 0.3) is 0 Å². The molecule has 3 aromatic rings. The maximum atomic E-state index is 13.5. The number of aromatic nitrogens is 3. The van der Waals surface area contributed by atoms with E-state index < -0.39 is 10.0 Å². The average molecular weight is 540 g/mol. The van der Waals surface area contributed by atoms with Gasteiger partial charge >= 0.3 is 0 Å². The van der Waals surface area contributed by atoms with Crippen molar-refractivity contribution in [2.75, 3.05) is 12.4 Å². The van der Waals surface area contributed by atoms with Crippen molar-refractivity contribution in [2.24, 2.45) is 4.99 Å². The lowest BCUT2D eigenvalue weighted by molar-refractivity contribution is 0.0896. The number of nitrogens with zero attached hydrogens (tertiary/aromatic N) is 6. The van der Waals surface area contributed by atoms with E-state index in [2.05, 4.69) is 35.5 Å². The molecule has 2 fully saturated rings. The minimum absolute atomic E-state index is 0.00439. The van der Waals surface area contributed by atoms with Gasteiger partial charge in [0.25, 0.3) is 0 Å². The Kier molecular flexibility index (Phi) is 7.66. The van der Waals surface area contributed by atoms with Crippen LogP contribution in [0, 0.1) is 0 Å². The molecule has 0 saturated carbocycles. The minimum Gasteiger partial charge on any atom is -0.324 e. The number of hydrogen-bond acceptors (Lipinski definition) is 9. The highest BCUT2D eigenvalue weighted by Gasteiger charge is 2.44. The van der Waals surface area contributed by atoms with E-state index >= 15 is 0 Å². The molecule has 0 spiro atoms. The van der Waals surface area contributed by atoms with Crippen molar-refractivity contribution < 1.29 is 8.42 Å². The highest BCUT2D eigenvalue weighted by Crippen LogP contribution is 2.39.